The quantitative estimate of drug-likeness (QED) is 0.582. The summed E-state index contributed by atoms with van der Waals surface area (Å²) in [7, 11) is 1.22. The molecular weight excluding hydrogens is 481 g/mol. The topological polar surface area (TPSA) is 87.0 Å². The monoisotopic (exact) mass is 508 g/mol. The van der Waals surface area contributed by atoms with E-state index in [-0.39, 0.29) is 12.1 Å². The first-order chi connectivity index (χ1) is 16.3. The maximum absolute atomic E-state index is 14.5. The summed E-state index contributed by atoms with van der Waals surface area (Å²) in [5.41, 5.74) is -1.81. The van der Waals surface area contributed by atoms with Gasteiger partial charge in [-0.1, -0.05) is 12.1 Å². The van der Waals surface area contributed by atoms with Crippen molar-refractivity contribution in [3.8, 4) is 0 Å². The van der Waals surface area contributed by atoms with E-state index in [2.05, 4.69) is 10.3 Å². The first-order valence-corrected chi connectivity index (χ1v) is 11.9. The predicted molar refractivity (Wildman–Crippen MR) is 126 cm³/mol. The maximum atomic E-state index is 14.5. The number of hydrogen-bond donors (Lipinski definition) is 2. The fourth-order valence-electron chi connectivity index (χ4n) is 4.72. The SMILES string of the molecule is COC(=O)C1=C(CN2CC(F)(F)CC2C(C)(C)O)NC(c2nccs2)=NC1(C)c1ccc(F)cc1. The smallest absolute Gasteiger partial charge is 0.338 e. The second kappa shape index (κ2) is 9.03. The van der Waals surface area contributed by atoms with Crippen molar-refractivity contribution in [3.05, 3.63) is 63.5 Å². The number of halogens is 3. The number of ether oxygens (including phenoxy) is 1. The van der Waals surface area contributed by atoms with Crippen molar-refractivity contribution in [2.75, 3.05) is 20.2 Å². The number of aliphatic imine (C=N–C) groups is 1. The van der Waals surface area contributed by atoms with Gasteiger partial charge in [0.2, 0.25) is 0 Å². The van der Waals surface area contributed by atoms with Gasteiger partial charge >= 0.3 is 5.97 Å². The summed E-state index contributed by atoms with van der Waals surface area (Å²) in [5.74, 6) is -3.81. The lowest BCUT2D eigenvalue weighted by atomic mass is 9.82. The number of hydrogen-bond acceptors (Lipinski definition) is 8. The zero-order chi connectivity index (χ0) is 25.6. The molecule has 2 aliphatic heterocycles. The minimum Gasteiger partial charge on any atom is -0.466 e. The highest BCUT2D eigenvalue weighted by atomic mass is 32.1. The molecule has 1 saturated heterocycles. The van der Waals surface area contributed by atoms with Gasteiger partial charge in [-0.2, -0.15) is 0 Å². The van der Waals surface area contributed by atoms with E-state index in [1.54, 1.807) is 18.5 Å². The third-order valence-electron chi connectivity index (χ3n) is 6.37. The number of nitrogens with one attached hydrogen (secondary N) is 1. The van der Waals surface area contributed by atoms with Gasteiger partial charge < -0.3 is 15.2 Å². The van der Waals surface area contributed by atoms with Crippen LogP contribution in [0.5, 0.6) is 0 Å². The minimum absolute atomic E-state index is 0.101. The first-order valence-electron chi connectivity index (χ1n) is 11.0. The maximum Gasteiger partial charge on any atom is 0.338 e. The number of esters is 1. The molecule has 0 amide bonds. The number of methoxy groups -OCH3 is 1. The summed E-state index contributed by atoms with van der Waals surface area (Å²) in [6, 6.07) is 4.72. The molecule has 3 heterocycles. The average molecular weight is 509 g/mol. The molecular formula is C24H27F3N4O3S. The number of carbonyl (C=O) groups is 1. The second-order valence-electron chi connectivity index (χ2n) is 9.48. The van der Waals surface area contributed by atoms with E-state index in [9.17, 15) is 23.1 Å². The third kappa shape index (κ3) is 4.98. The van der Waals surface area contributed by atoms with E-state index in [0.29, 0.717) is 22.1 Å². The van der Waals surface area contributed by atoms with Crippen LogP contribution in [-0.4, -0.2) is 64.6 Å². The van der Waals surface area contributed by atoms with Crippen LogP contribution >= 0.6 is 11.3 Å². The van der Waals surface area contributed by atoms with Crippen molar-refractivity contribution in [3.63, 3.8) is 0 Å². The molecule has 11 heteroatoms. The Balaban J connectivity index is 1.87. The molecule has 0 saturated carbocycles. The van der Waals surface area contributed by atoms with Crippen LogP contribution in [0.1, 0.15) is 37.8 Å². The number of amidine groups is 1. The Bertz CT molecular complexity index is 1160. The molecule has 2 aromatic rings. The molecule has 0 bridgehead atoms. The van der Waals surface area contributed by atoms with Crippen molar-refractivity contribution in [1.29, 1.82) is 0 Å². The molecule has 0 aliphatic carbocycles. The van der Waals surface area contributed by atoms with Gasteiger partial charge in [0, 0.05) is 36.3 Å². The van der Waals surface area contributed by atoms with E-state index in [1.165, 1.54) is 61.5 Å². The second-order valence-corrected chi connectivity index (χ2v) is 10.4. The van der Waals surface area contributed by atoms with Crippen LogP contribution in [0, 0.1) is 5.82 Å². The normalized spacial score (nSPS) is 24.8. The summed E-state index contributed by atoms with van der Waals surface area (Å²) in [4.78, 5) is 23.7. The van der Waals surface area contributed by atoms with Gasteiger partial charge in [-0.3, -0.25) is 4.90 Å². The Labute approximate surface area is 205 Å². The predicted octanol–water partition coefficient (Wildman–Crippen LogP) is 3.46. The molecule has 1 aromatic heterocycles. The van der Waals surface area contributed by atoms with Crippen LogP contribution in [0.2, 0.25) is 0 Å². The number of rotatable bonds is 6. The van der Waals surface area contributed by atoms with Crippen molar-refractivity contribution < 1.29 is 27.8 Å². The fourth-order valence-corrected chi connectivity index (χ4v) is 5.30. The number of aliphatic hydroxyl groups is 1. The minimum atomic E-state index is -3.00. The van der Waals surface area contributed by atoms with Crippen molar-refractivity contribution in [2.45, 2.75) is 50.3 Å². The van der Waals surface area contributed by atoms with Crippen molar-refractivity contribution >= 4 is 23.1 Å². The number of alkyl halides is 2. The molecule has 1 fully saturated rings. The van der Waals surface area contributed by atoms with E-state index in [4.69, 9.17) is 9.73 Å². The highest BCUT2D eigenvalue weighted by Crippen LogP contribution is 2.41. The zero-order valence-corrected chi connectivity index (χ0v) is 20.6. The lowest BCUT2D eigenvalue weighted by molar-refractivity contribution is -0.137. The Morgan fingerprint density at radius 3 is 2.60 bits per heavy atom. The van der Waals surface area contributed by atoms with E-state index >= 15 is 0 Å². The number of thiazole rings is 1. The van der Waals surface area contributed by atoms with Crippen molar-refractivity contribution in [2.24, 2.45) is 4.99 Å². The van der Waals surface area contributed by atoms with E-state index in [0.717, 1.165) is 0 Å². The van der Waals surface area contributed by atoms with Gasteiger partial charge in [0.05, 0.1) is 24.8 Å². The van der Waals surface area contributed by atoms with Gasteiger partial charge in [-0.05, 0) is 38.5 Å². The largest absolute Gasteiger partial charge is 0.466 e. The van der Waals surface area contributed by atoms with Crippen LogP contribution < -0.4 is 5.32 Å². The lowest BCUT2D eigenvalue weighted by Gasteiger charge is -2.38. The van der Waals surface area contributed by atoms with Crippen LogP contribution in [0.25, 0.3) is 0 Å². The standard InChI is InChI=1S/C24H27F3N4O3S/c1-22(2,33)17-11-24(26,27)13-31(17)12-16-18(21(32)34-4)23(3,14-5-7-15(25)8-6-14)30-19(29-16)20-28-9-10-35-20/h5-10,17,33H,11-13H2,1-4H3,(H,29,30). The first kappa shape index (κ1) is 25.3. The van der Waals surface area contributed by atoms with Crippen LogP contribution in [0.15, 0.2) is 52.1 Å². The molecule has 0 spiro atoms. The van der Waals surface area contributed by atoms with Crippen LogP contribution in [0.3, 0.4) is 0 Å². The highest BCUT2D eigenvalue weighted by Gasteiger charge is 2.51. The molecule has 2 atom stereocenters. The van der Waals surface area contributed by atoms with Gasteiger partial charge in [-0.25, -0.2) is 27.9 Å². The van der Waals surface area contributed by atoms with Crippen LogP contribution in [-0.2, 0) is 15.1 Å². The summed E-state index contributed by atoms with van der Waals surface area (Å²) in [6.07, 6.45) is 1.09. The van der Waals surface area contributed by atoms with Gasteiger partial charge in [0.15, 0.2) is 10.8 Å². The van der Waals surface area contributed by atoms with Gasteiger partial charge in [-0.15, -0.1) is 11.3 Å². The molecule has 7 nitrogen and oxygen atoms in total. The Kier molecular flexibility index (Phi) is 6.54. The summed E-state index contributed by atoms with van der Waals surface area (Å²) < 4.78 is 47.7. The molecule has 2 N–H and O–H groups in total. The molecule has 4 rings (SSSR count). The van der Waals surface area contributed by atoms with E-state index in [1.807, 2.05) is 0 Å². The molecule has 2 aliphatic rings. The molecule has 0 radical (unpaired) electrons. The van der Waals surface area contributed by atoms with Crippen molar-refractivity contribution in [1.82, 2.24) is 15.2 Å². The van der Waals surface area contributed by atoms with E-state index < -0.39 is 47.9 Å². The Hall–Kier alpha value is -2.76. The number of carbonyl (C=O) groups excluding carboxylic acids is 1. The molecule has 35 heavy (non-hydrogen) atoms. The molecule has 2 unspecified atom stereocenters. The number of likely N-dealkylation sites (tertiary alicyclic amines) is 1. The number of aromatic nitrogens is 1. The summed E-state index contributed by atoms with van der Waals surface area (Å²) in [6.45, 7) is 3.98. The molecule has 1 aromatic carbocycles. The lowest BCUT2D eigenvalue weighted by Crippen LogP contribution is -2.50. The zero-order valence-electron chi connectivity index (χ0n) is 19.8. The number of benzene rings is 1. The number of nitrogens with zero attached hydrogens (tertiary/aromatic N) is 3. The van der Waals surface area contributed by atoms with Gasteiger partial charge in [0.25, 0.3) is 5.92 Å². The summed E-state index contributed by atoms with van der Waals surface area (Å²) >= 11 is 1.32. The summed E-state index contributed by atoms with van der Waals surface area (Å²) in [5, 5.41) is 16.0. The van der Waals surface area contributed by atoms with Gasteiger partial charge in [0.1, 0.15) is 11.4 Å². The average Bonchev–Trinajstić information content (AvgIpc) is 3.41. The van der Waals surface area contributed by atoms with Crippen LogP contribution in [0.4, 0.5) is 13.2 Å². The highest BCUT2D eigenvalue weighted by molar-refractivity contribution is 7.11. The fraction of sp³-hybridized carbons (Fsp3) is 0.458. The Morgan fingerprint density at radius 2 is 2.03 bits per heavy atom. The third-order valence-corrected chi connectivity index (χ3v) is 7.15. The molecule has 188 valence electrons. The Morgan fingerprint density at radius 1 is 1.34 bits per heavy atom.